The average Bonchev–Trinajstić information content (AvgIpc) is 3.45. The van der Waals surface area contributed by atoms with Crippen LogP contribution < -0.4 is 10.7 Å². The molecule has 0 aliphatic rings. The summed E-state index contributed by atoms with van der Waals surface area (Å²) in [6, 6.07) is 22.1. The van der Waals surface area contributed by atoms with Gasteiger partial charge in [-0.1, -0.05) is 41.4 Å². The highest BCUT2D eigenvalue weighted by molar-refractivity contribution is 7.89. The van der Waals surface area contributed by atoms with Crippen LogP contribution in [0.25, 0.3) is 0 Å². The number of amides is 2. The van der Waals surface area contributed by atoms with Gasteiger partial charge in [-0.25, -0.2) is 22.3 Å². The predicted octanol–water partition coefficient (Wildman–Crippen LogP) is 4.36. The Morgan fingerprint density at radius 3 is 2.09 bits per heavy atom. The van der Waals surface area contributed by atoms with E-state index in [2.05, 4.69) is 15.8 Å². The fourth-order valence-electron chi connectivity index (χ4n) is 4.19. The summed E-state index contributed by atoms with van der Waals surface area (Å²) in [6.07, 6.45) is 1.22. The van der Waals surface area contributed by atoms with Crippen LogP contribution in [0.4, 0.5) is 5.69 Å². The number of hydrogen-bond acceptors (Lipinski definition) is 8. The summed E-state index contributed by atoms with van der Waals surface area (Å²) in [5.41, 5.74) is 4.34. The number of sulfonamides is 2. The molecule has 242 valence electrons. The topological polar surface area (TPSA) is 158 Å². The van der Waals surface area contributed by atoms with Crippen molar-refractivity contribution in [2.24, 2.45) is 5.10 Å². The van der Waals surface area contributed by atoms with Crippen LogP contribution in [-0.2, 0) is 42.7 Å². The molecule has 0 bridgehead atoms. The molecular weight excluding hydrogens is 654 g/mol. The van der Waals surface area contributed by atoms with Crippen molar-refractivity contribution in [3.05, 3.63) is 113 Å². The standard InChI is InChI=1S/C31H32ClN5O7S2/c1-22-4-14-30(15-5-22)46(42,43)37(19-24-6-8-25(32)9-7-24)20-28-13-12-27(44-28)18-33-35-31(39)21-36(3)45(40,41)29-16-10-26(11-17-29)34-23(2)38/h4-18H,19-21H2,1-3H3,(H,34,38)(H,35,39)/b33-18-. The third kappa shape index (κ3) is 9.11. The summed E-state index contributed by atoms with van der Waals surface area (Å²) in [4.78, 5) is 23.7. The maximum absolute atomic E-state index is 13.6. The minimum absolute atomic E-state index is 0.0574. The molecule has 0 aliphatic heterocycles. The normalized spacial score (nSPS) is 12.1. The Morgan fingerprint density at radius 2 is 1.46 bits per heavy atom. The number of likely N-dealkylation sites (N-methyl/N-ethyl adjacent to an activating group) is 1. The van der Waals surface area contributed by atoms with E-state index in [9.17, 15) is 26.4 Å². The molecule has 4 aromatic rings. The van der Waals surface area contributed by atoms with Crippen molar-refractivity contribution in [2.75, 3.05) is 18.9 Å². The summed E-state index contributed by atoms with van der Waals surface area (Å²) < 4.78 is 60.8. The first kappa shape index (κ1) is 34.5. The fraction of sp³-hybridized carbons (Fsp3) is 0.194. The van der Waals surface area contributed by atoms with Crippen molar-refractivity contribution in [1.29, 1.82) is 0 Å². The van der Waals surface area contributed by atoms with Crippen LogP contribution in [0.1, 0.15) is 29.6 Å². The minimum atomic E-state index is -3.99. The monoisotopic (exact) mass is 685 g/mol. The molecule has 4 rings (SSSR count). The lowest BCUT2D eigenvalue weighted by Gasteiger charge is -2.21. The van der Waals surface area contributed by atoms with E-state index in [1.54, 1.807) is 60.7 Å². The molecule has 46 heavy (non-hydrogen) atoms. The SMILES string of the molecule is CC(=O)Nc1ccc(S(=O)(=O)N(C)CC(=O)N/N=C\c2ccc(CN(Cc3ccc(Cl)cc3)S(=O)(=O)c3ccc(C)cc3)o2)cc1. The molecule has 1 aromatic heterocycles. The van der Waals surface area contributed by atoms with Crippen molar-refractivity contribution in [3.63, 3.8) is 0 Å². The number of benzene rings is 3. The van der Waals surface area contributed by atoms with Gasteiger partial charge in [-0.05, 0) is 73.2 Å². The van der Waals surface area contributed by atoms with Gasteiger partial charge in [0.2, 0.25) is 26.0 Å². The maximum atomic E-state index is 13.6. The molecule has 12 nitrogen and oxygen atoms in total. The molecule has 0 unspecified atom stereocenters. The van der Waals surface area contributed by atoms with E-state index >= 15 is 0 Å². The number of halogens is 1. The zero-order chi connectivity index (χ0) is 33.5. The summed E-state index contributed by atoms with van der Waals surface area (Å²) in [5, 5.41) is 6.92. The van der Waals surface area contributed by atoms with Gasteiger partial charge in [0.05, 0.1) is 29.1 Å². The number of hydrazone groups is 1. The summed E-state index contributed by atoms with van der Waals surface area (Å²) in [6.45, 7) is 2.65. The highest BCUT2D eigenvalue weighted by Gasteiger charge is 2.26. The van der Waals surface area contributed by atoms with E-state index in [0.29, 0.717) is 16.5 Å². The molecule has 15 heteroatoms. The smallest absolute Gasteiger partial charge is 0.255 e. The molecular formula is C31H32ClN5O7S2. The molecule has 2 N–H and O–H groups in total. The Hall–Kier alpha value is -4.34. The molecule has 0 radical (unpaired) electrons. The number of carbonyl (C=O) groups is 2. The summed E-state index contributed by atoms with van der Waals surface area (Å²) >= 11 is 6.00. The zero-order valence-corrected chi connectivity index (χ0v) is 27.6. The Balaban J connectivity index is 1.40. The van der Waals surface area contributed by atoms with Crippen molar-refractivity contribution in [1.82, 2.24) is 14.0 Å². The molecule has 0 saturated heterocycles. The number of aryl methyl sites for hydroxylation is 1. The van der Waals surface area contributed by atoms with Crippen LogP contribution in [0.2, 0.25) is 5.02 Å². The summed E-state index contributed by atoms with van der Waals surface area (Å²) in [5.74, 6) is -0.442. The molecule has 0 saturated carbocycles. The lowest BCUT2D eigenvalue weighted by molar-refractivity contribution is -0.121. The van der Waals surface area contributed by atoms with Crippen LogP contribution in [0.5, 0.6) is 0 Å². The van der Waals surface area contributed by atoms with Crippen LogP contribution in [0, 0.1) is 6.92 Å². The lowest BCUT2D eigenvalue weighted by atomic mass is 10.2. The van der Waals surface area contributed by atoms with E-state index in [1.165, 1.54) is 48.8 Å². The first-order valence-corrected chi connectivity index (χ1v) is 17.1. The van der Waals surface area contributed by atoms with Crippen molar-refractivity contribution in [2.45, 2.75) is 36.7 Å². The van der Waals surface area contributed by atoms with E-state index in [0.717, 1.165) is 15.4 Å². The predicted molar refractivity (Wildman–Crippen MR) is 174 cm³/mol. The van der Waals surface area contributed by atoms with Gasteiger partial charge in [0.15, 0.2) is 0 Å². The number of rotatable bonds is 13. The quantitative estimate of drug-likeness (QED) is 0.156. The van der Waals surface area contributed by atoms with E-state index in [1.807, 2.05) is 6.92 Å². The van der Waals surface area contributed by atoms with Gasteiger partial charge in [0, 0.05) is 31.2 Å². The molecule has 2 amide bonds. The number of nitrogens with one attached hydrogen (secondary N) is 2. The first-order valence-electron chi connectivity index (χ1n) is 13.8. The van der Waals surface area contributed by atoms with E-state index < -0.39 is 32.5 Å². The second-order valence-electron chi connectivity index (χ2n) is 10.3. The molecule has 0 fully saturated rings. The highest BCUT2D eigenvalue weighted by atomic mass is 35.5. The zero-order valence-electron chi connectivity index (χ0n) is 25.2. The number of carbonyl (C=O) groups excluding carboxylic acids is 2. The molecule has 3 aromatic carbocycles. The van der Waals surface area contributed by atoms with Crippen molar-refractivity contribution < 1.29 is 30.8 Å². The van der Waals surface area contributed by atoms with Gasteiger partial charge in [-0.3, -0.25) is 9.59 Å². The van der Waals surface area contributed by atoms with Gasteiger partial charge in [-0.15, -0.1) is 0 Å². The third-order valence-corrected chi connectivity index (χ3v) is 10.5. The van der Waals surface area contributed by atoms with Crippen LogP contribution in [-0.4, -0.2) is 57.1 Å². The molecule has 0 aliphatic carbocycles. The second-order valence-corrected chi connectivity index (χ2v) is 14.7. The van der Waals surface area contributed by atoms with Crippen LogP contribution >= 0.6 is 11.6 Å². The Bertz CT molecular complexity index is 1930. The molecule has 1 heterocycles. The van der Waals surface area contributed by atoms with Crippen LogP contribution in [0.15, 0.2) is 104 Å². The third-order valence-electron chi connectivity index (χ3n) is 6.58. The van der Waals surface area contributed by atoms with Gasteiger partial charge >= 0.3 is 0 Å². The van der Waals surface area contributed by atoms with Crippen molar-refractivity contribution >= 4 is 55.4 Å². The van der Waals surface area contributed by atoms with E-state index in [4.69, 9.17) is 16.0 Å². The number of furan rings is 1. The number of nitrogens with zero attached hydrogens (tertiary/aromatic N) is 3. The number of hydrogen-bond donors (Lipinski definition) is 2. The van der Waals surface area contributed by atoms with Gasteiger partial charge in [0.25, 0.3) is 5.91 Å². The fourth-order valence-corrected chi connectivity index (χ4v) is 6.83. The first-order chi connectivity index (χ1) is 21.7. The Kier molecular flexibility index (Phi) is 11.1. The molecule has 0 atom stereocenters. The van der Waals surface area contributed by atoms with Gasteiger partial charge in [-0.2, -0.15) is 13.7 Å². The van der Waals surface area contributed by atoms with E-state index in [-0.39, 0.29) is 34.5 Å². The van der Waals surface area contributed by atoms with Crippen LogP contribution in [0.3, 0.4) is 0 Å². The van der Waals surface area contributed by atoms with Gasteiger partial charge in [0.1, 0.15) is 11.5 Å². The maximum Gasteiger partial charge on any atom is 0.255 e. The largest absolute Gasteiger partial charge is 0.459 e. The lowest BCUT2D eigenvalue weighted by Crippen LogP contribution is -2.36. The second kappa shape index (κ2) is 14.8. The van der Waals surface area contributed by atoms with Gasteiger partial charge < -0.3 is 9.73 Å². The highest BCUT2D eigenvalue weighted by Crippen LogP contribution is 2.23. The Labute approximate surface area is 272 Å². The average molecular weight is 686 g/mol. The minimum Gasteiger partial charge on any atom is -0.459 e. The summed E-state index contributed by atoms with van der Waals surface area (Å²) in [7, 11) is -6.66. The number of anilines is 1. The van der Waals surface area contributed by atoms with Crippen molar-refractivity contribution in [3.8, 4) is 0 Å². The Morgan fingerprint density at radius 1 is 0.848 bits per heavy atom. The molecule has 0 spiro atoms.